The van der Waals surface area contributed by atoms with Crippen LogP contribution in [0.3, 0.4) is 0 Å². The molecule has 2 aromatic carbocycles. The minimum atomic E-state index is -0.223. The fraction of sp³-hybridized carbons (Fsp3) is 0.143. The molecular weight excluding hydrogens is 326 g/mol. The first-order chi connectivity index (χ1) is 12.6. The quantitative estimate of drug-likeness (QED) is 0.895. The van der Waals surface area contributed by atoms with Gasteiger partial charge in [-0.1, -0.05) is 49.0 Å². The predicted octanol–water partition coefficient (Wildman–Crippen LogP) is 2.92. The van der Waals surface area contributed by atoms with E-state index in [1.807, 2.05) is 47.4 Å². The van der Waals surface area contributed by atoms with E-state index in [-0.39, 0.29) is 23.7 Å². The molecule has 2 aliphatic heterocycles. The zero-order valence-electron chi connectivity index (χ0n) is 14.2. The van der Waals surface area contributed by atoms with Crippen LogP contribution in [-0.4, -0.2) is 28.3 Å². The fourth-order valence-electron chi connectivity index (χ4n) is 3.49. The van der Waals surface area contributed by atoms with Crippen molar-refractivity contribution in [2.24, 2.45) is 4.99 Å². The Hall–Kier alpha value is -3.34. The number of carbonyl (C=O) groups excluding carboxylic acids is 1. The molecule has 2 heterocycles. The van der Waals surface area contributed by atoms with Crippen molar-refractivity contribution in [1.82, 2.24) is 10.2 Å². The molecule has 0 fully saturated rings. The molecule has 2 unspecified atom stereocenters. The largest absolute Gasteiger partial charge is 0.508 e. The third kappa shape index (κ3) is 2.99. The molecule has 0 aliphatic carbocycles. The zero-order chi connectivity index (χ0) is 18.1. The topological polar surface area (TPSA) is 64.9 Å². The van der Waals surface area contributed by atoms with Crippen molar-refractivity contribution in [2.75, 3.05) is 0 Å². The predicted molar refractivity (Wildman–Crippen MR) is 100 cm³/mol. The van der Waals surface area contributed by atoms with Gasteiger partial charge in [-0.3, -0.25) is 9.79 Å². The summed E-state index contributed by atoms with van der Waals surface area (Å²) in [6.45, 7) is 4.39. The van der Waals surface area contributed by atoms with Gasteiger partial charge < -0.3 is 15.3 Å². The van der Waals surface area contributed by atoms with Gasteiger partial charge in [0.1, 0.15) is 11.8 Å². The summed E-state index contributed by atoms with van der Waals surface area (Å²) >= 11 is 0. The number of nitrogens with one attached hydrogen (secondary N) is 1. The third-order valence-electron chi connectivity index (χ3n) is 4.63. The number of hydrogen-bond acceptors (Lipinski definition) is 4. The van der Waals surface area contributed by atoms with Gasteiger partial charge in [-0.05, 0) is 29.3 Å². The van der Waals surface area contributed by atoms with Crippen molar-refractivity contribution >= 4 is 12.2 Å². The summed E-state index contributed by atoms with van der Waals surface area (Å²) in [6.07, 6.45) is 3.59. The molecule has 0 bridgehead atoms. The van der Waals surface area contributed by atoms with E-state index in [4.69, 9.17) is 0 Å². The normalized spacial score (nSPS) is 21.8. The van der Waals surface area contributed by atoms with Crippen LogP contribution in [0.4, 0.5) is 0 Å². The molecule has 130 valence electrons. The smallest absolute Gasteiger partial charge is 0.253 e. The van der Waals surface area contributed by atoms with Crippen molar-refractivity contribution in [2.45, 2.75) is 18.6 Å². The molecule has 2 N–H and O–H groups in total. The van der Waals surface area contributed by atoms with Gasteiger partial charge in [-0.2, -0.15) is 0 Å². The van der Waals surface area contributed by atoms with E-state index in [0.717, 1.165) is 11.1 Å². The Morgan fingerprint density at radius 3 is 2.65 bits per heavy atom. The molecule has 2 aliphatic rings. The van der Waals surface area contributed by atoms with E-state index >= 15 is 0 Å². The lowest BCUT2D eigenvalue weighted by Crippen LogP contribution is -2.37. The van der Waals surface area contributed by atoms with Gasteiger partial charge in [0.05, 0.1) is 12.4 Å². The SMILES string of the molecule is C=C1C=C(C2C(c3ccccc3)N=CN2Cc2cccc(O)c2)C(=O)N1. The molecule has 2 aromatic rings. The molecule has 5 heteroatoms. The Labute approximate surface area is 152 Å². The number of carbonyl (C=O) groups is 1. The van der Waals surface area contributed by atoms with E-state index in [9.17, 15) is 9.90 Å². The molecule has 4 rings (SSSR count). The molecular formula is C21H19N3O2. The number of allylic oxidation sites excluding steroid dienone is 1. The highest BCUT2D eigenvalue weighted by Gasteiger charge is 2.39. The maximum absolute atomic E-state index is 12.4. The summed E-state index contributed by atoms with van der Waals surface area (Å²) in [6, 6.07) is 16.7. The maximum Gasteiger partial charge on any atom is 0.253 e. The number of nitrogens with zero attached hydrogens (tertiary/aromatic N) is 2. The molecule has 0 spiro atoms. The van der Waals surface area contributed by atoms with E-state index in [2.05, 4.69) is 16.9 Å². The number of amides is 1. The van der Waals surface area contributed by atoms with Gasteiger partial charge >= 0.3 is 0 Å². The Kier molecular flexibility index (Phi) is 4.05. The van der Waals surface area contributed by atoms with Crippen molar-refractivity contribution in [1.29, 1.82) is 0 Å². The number of aromatic hydroxyl groups is 1. The lowest BCUT2D eigenvalue weighted by molar-refractivity contribution is -0.116. The Balaban J connectivity index is 1.69. The van der Waals surface area contributed by atoms with E-state index in [1.165, 1.54) is 0 Å². The van der Waals surface area contributed by atoms with Crippen LogP contribution in [0.5, 0.6) is 5.75 Å². The van der Waals surface area contributed by atoms with E-state index in [0.29, 0.717) is 17.8 Å². The number of phenolic OH excluding ortho intramolecular Hbond substituents is 1. The monoisotopic (exact) mass is 345 g/mol. The molecule has 0 saturated heterocycles. The highest BCUT2D eigenvalue weighted by molar-refractivity contribution is 6.00. The van der Waals surface area contributed by atoms with Gasteiger partial charge in [-0.15, -0.1) is 0 Å². The van der Waals surface area contributed by atoms with Crippen molar-refractivity contribution in [3.05, 3.63) is 89.6 Å². The molecule has 26 heavy (non-hydrogen) atoms. The second-order valence-corrected chi connectivity index (χ2v) is 6.49. The lowest BCUT2D eigenvalue weighted by atomic mass is 9.93. The molecule has 2 atom stereocenters. The number of benzene rings is 2. The zero-order valence-corrected chi connectivity index (χ0v) is 14.2. The molecule has 1 amide bonds. The Morgan fingerprint density at radius 1 is 1.15 bits per heavy atom. The van der Waals surface area contributed by atoms with E-state index in [1.54, 1.807) is 24.5 Å². The summed E-state index contributed by atoms with van der Waals surface area (Å²) in [7, 11) is 0. The number of aliphatic imine (C=N–C) groups is 1. The average Bonchev–Trinajstić information content (AvgIpc) is 3.18. The Bertz CT molecular complexity index is 918. The third-order valence-corrected chi connectivity index (χ3v) is 4.63. The summed E-state index contributed by atoms with van der Waals surface area (Å²) in [5.41, 5.74) is 3.26. The van der Waals surface area contributed by atoms with Crippen LogP contribution < -0.4 is 5.32 Å². The maximum atomic E-state index is 12.4. The second-order valence-electron chi connectivity index (χ2n) is 6.49. The molecule has 0 aromatic heterocycles. The van der Waals surface area contributed by atoms with Crippen LogP contribution >= 0.6 is 0 Å². The number of phenols is 1. The van der Waals surface area contributed by atoms with Gasteiger partial charge in [0.15, 0.2) is 0 Å². The summed E-state index contributed by atoms with van der Waals surface area (Å²) in [5.74, 6) is 0.0911. The summed E-state index contributed by atoms with van der Waals surface area (Å²) in [4.78, 5) is 19.2. The molecule has 0 radical (unpaired) electrons. The fourth-order valence-corrected chi connectivity index (χ4v) is 3.49. The first-order valence-electron chi connectivity index (χ1n) is 8.45. The number of hydrogen-bond donors (Lipinski definition) is 2. The van der Waals surface area contributed by atoms with Crippen molar-refractivity contribution in [3.63, 3.8) is 0 Å². The summed E-state index contributed by atoms with van der Waals surface area (Å²) < 4.78 is 0. The molecule has 5 nitrogen and oxygen atoms in total. The van der Waals surface area contributed by atoms with Crippen LogP contribution in [0.2, 0.25) is 0 Å². The van der Waals surface area contributed by atoms with E-state index < -0.39 is 0 Å². The van der Waals surface area contributed by atoms with Crippen molar-refractivity contribution in [3.8, 4) is 5.75 Å². The first-order valence-corrected chi connectivity index (χ1v) is 8.45. The summed E-state index contributed by atoms with van der Waals surface area (Å²) in [5, 5.41) is 12.5. The number of rotatable bonds is 4. The van der Waals surface area contributed by atoms with Crippen molar-refractivity contribution < 1.29 is 9.90 Å². The van der Waals surface area contributed by atoms with Crippen LogP contribution in [0.15, 0.2) is 83.5 Å². The minimum absolute atomic E-state index is 0.132. The van der Waals surface area contributed by atoms with Gasteiger partial charge in [0.2, 0.25) is 0 Å². The average molecular weight is 345 g/mol. The van der Waals surface area contributed by atoms with Gasteiger partial charge in [-0.25, -0.2) is 0 Å². The van der Waals surface area contributed by atoms with Crippen LogP contribution in [0.1, 0.15) is 17.2 Å². The minimum Gasteiger partial charge on any atom is -0.508 e. The van der Waals surface area contributed by atoms with Gasteiger partial charge in [0.25, 0.3) is 5.91 Å². The Morgan fingerprint density at radius 2 is 1.96 bits per heavy atom. The first kappa shape index (κ1) is 16.1. The standard InChI is InChI=1S/C21H19N3O2/c1-14-10-18(21(26)23-14)20-19(16-7-3-2-4-8-16)22-13-24(20)12-15-6-5-9-17(25)11-15/h2-11,13,19-20,25H,1,12H2,(H,23,26). The highest BCUT2D eigenvalue weighted by Crippen LogP contribution is 2.36. The molecule has 0 saturated carbocycles. The van der Waals surface area contributed by atoms with Crippen LogP contribution in [0.25, 0.3) is 0 Å². The second kappa shape index (κ2) is 6.52. The van der Waals surface area contributed by atoms with Crippen LogP contribution in [0, 0.1) is 0 Å². The lowest BCUT2D eigenvalue weighted by Gasteiger charge is -2.28. The van der Waals surface area contributed by atoms with Crippen LogP contribution in [-0.2, 0) is 11.3 Å². The highest BCUT2D eigenvalue weighted by atomic mass is 16.3. The van der Waals surface area contributed by atoms with Gasteiger partial charge in [0, 0.05) is 17.8 Å².